The SMILES string of the molecule is C=C(N)/C(C(=NC)/C(C#CC1CCN(C)CC1)=C\C)=C(/N)c1ccc(NSC(F)F)c(OC(C)c2ccc(F)cc2)c1.CCC. The van der Waals surface area contributed by atoms with Gasteiger partial charge in [-0.3, -0.25) is 4.99 Å². The van der Waals surface area contributed by atoms with Gasteiger partial charge in [0.25, 0.3) is 0 Å². The van der Waals surface area contributed by atoms with Crippen LogP contribution in [0.3, 0.4) is 0 Å². The van der Waals surface area contributed by atoms with E-state index in [-0.39, 0.29) is 40.8 Å². The van der Waals surface area contributed by atoms with Gasteiger partial charge in [-0.25, -0.2) is 4.39 Å². The highest BCUT2D eigenvalue weighted by atomic mass is 32.2. The van der Waals surface area contributed by atoms with Gasteiger partial charge in [-0.1, -0.05) is 63.0 Å². The molecule has 45 heavy (non-hydrogen) atoms. The van der Waals surface area contributed by atoms with Crippen LogP contribution in [0.5, 0.6) is 5.75 Å². The molecule has 2 aromatic carbocycles. The molecule has 0 bridgehead atoms. The highest BCUT2D eigenvalue weighted by molar-refractivity contribution is 8.00. The van der Waals surface area contributed by atoms with Gasteiger partial charge >= 0.3 is 5.76 Å². The number of alkyl halides is 2. The van der Waals surface area contributed by atoms with Crippen LogP contribution in [0, 0.1) is 23.6 Å². The van der Waals surface area contributed by atoms with Crippen molar-refractivity contribution in [3.63, 3.8) is 0 Å². The zero-order chi connectivity index (χ0) is 33.5. The number of benzene rings is 2. The monoisotopic (exact) mass is 641 g/mol. The number of ether oxygens (including phenoxy) is 1. The summed E-state index contributed by atoms with van der Waals surface area (Å²) in [6.45, 7) is 13.9. The molecule has 1 heterocycles. The third kappa shape index (κ3) is 11.6. The van der Waals surface area contributed by atoms with Gasteiger partial charge in [0, 0.05) is 47.3 Å². The number of halogens is 3. The van der Waals surface area contributed by atoms with Gasteiger partial charge in [0.15, 0.2) is 0 Å². The van der Waals surface area contributed by atoms with E-state index in [0.29, 0.717) is 33.7 Å². The van der Waals surface area contributed by atoms with Crippen LogP contribution in [0.2, 0.25) is 0 Å². The molecule has 1 aliphatic rings. The van der Waals surface area contributed by atoms with Crippen LogP contribution in [-0.2, 0) is 0 Å². The molecule has 0 spiro atoms. The van der Waals surface area contributed by atoms with Crippen molar-refractivity contribution in [3.05, 3.63) is 88.9 Å². The van der Waals surface area contributed by atoms with Gasteiger partial charge in [0.2, 0.25) is 0 Å². The Hall–Kier alpha value is -3.81. The Morgan fingerprint density at radius 3 is 2.33 bits per heavy atom. The van der Waals surface area contributed by atoms with E-state index >= 15 is 0 Å². The molecule has 3 rings (SSSR count). The number of nitrogens with zero attached hydrogens (tertiary/aromatic N) is 2. The fourth-order valence-corrected chi connectivity index (χ4v) is 4.92. The summed E-state index contributed by atoms with van der Waals surface area (Å²) < 4.78 is 48.2. The average Bonchev–Trinajstić information content (AvgIpc) is 3.01. The van der Waals surface area contributed by atoms with Crippen LogP contribution in [0.25, 0.3) is 5.70 Å². The Morgan fingerprint density at radius 2 is 1.80 bits per heavy atom. The third-order valence-electron chi connectivity index (χ3n) is 6.92. The molecule has 0 aromatic heterocycles. The Bertz CT molecular complexity index is 1420. The lowest BCUT2D eigenvalue weighted by Gasteiger charge is -2.25. The molecule has 2 aromatic rings. The van der Waals surface area contributed by atoms with Crippen molar-refractivity contribution >= 4 is 29.0 Å². The first-order valence-electron chi connectivity index (χ1n) is 15.0. The number of hydrogen-bond acceptors (Lipinski definition) is 7. The molecular weight excluding hydrogens is 595 g/mol. The number of nitrogens with one attached hydrogen (secondary N) is 1. The summed E-state index contributed by atoms with van der Waals surface area (Å²) in [7, 11) is 3.75. The van der Waals surface area contributed by atoms with E-state index in [0.717, 1.165) is 25.9 Å². The van der Waals surface area contributed by atoms with Gasteiger partial charge in [0.1, 0.15) is 17.7 Å². The third-order valence-corrected chi connectivity index (χ3v) is 7.43. The van der Waals surface area contributed by atoms with Crippen molar-refractivity contribution in [2.45, 2.75) is 58.8 Å². The molecule has 1 atom stereocenters. The first-order chi connectivity index (χ1) is 21.4. The molecule has 1 fully saturated rings. The summed E-state index contributed by atoms with van der Waals surface area (Å²) in [5.41, 5.74) is 16.6. The van der Waals surface area contributed by atoms with E-state index in [9.17, 15) is 13.2 Å². The van der Waals surface area contributed by atoms with Crippen molar-refractivity contribution in [2.75, 3.05) is 31.9 Å². The number of hydrogen-bond donors (Lipinski definition) is 3. The largest absolute Gasteiger partial charge is 0.484 e. The maximum atomic E-state index is 13.4. The molecule has 0 aliphatic carbocycles. The molecular formula is C35H46F3N5OS. The zero-order valence-electron chi connectivity index (χ0n) is 27.1. The van der Waals surface area contributed by atoms with E-state index in [2.05, 4.69) is 53.9 Å². The molecule has 0 amide bonds. The van der Waals surface area contributed by atoms with E-state index in [1.165, 1.54) is 18.6 Å². The maximum absolute atomic E-state index is 13.4. The lowest BCUT2D eigenvalue weighted by molar-refractivity contribution is 0.228. The smallest absolute Gasteiger partial charge is 0.302 e. The number of likely N-dealkylation sites (tertiary alicyclic amines) is 1. The standard InChI is InChI=1S/C32H38F3N5OS.C3H8/c1-6-23(8-7-22-15-17-40(5)18-16-22)31(38-4)29(20(2)36)30(37)25-11-14-27(39-42-32(34)35)28(19-25)41-21(3)24-9-12-26(33)13-10-24;1-3-2/h6,9-14,19,21-22,32,39H,2,15-18,36-37H2,1,3-5H3;3H2,1-2H3/b23-6-,30-29-,38-31?;. The number of rotatable bonds is 10. The van der Waals surface area contributed by atoms with Crippen molar-refractivity contribution in [1.29, 1.82) is 0 Å². The first-order valence-corrected chi connectivity index (χ1v) is 15.9. The molecule has 5 N–H and O–H groups in total. The minimum Gasteiger partial charge on any atom is -0.484 e. The van der Waals surface area contributed by atoms with Crippen LogP contribution in [0.15, 0.2) is 77.0 Å². The second kappa shape index (κ2) is 18.9. The van der Waals surface area contributed by atoms with Crippen molar-refractivity contribution < 1.29 is 17.9 Å². The van der Waals surface area contributed by atoms with Gasteiger partial charge < -0.3 is 25.8 Å². The topological polar surface area (TPSA) is 88.9 Å². The summed E-state index contributed by atoms with van der Waals surface area (Å²) >= 11 is 0.247. The number of anilines is 1. The number of nitrogens with two attached hydrogens (primary N) is 2. The van der Waals surface area contributed by atoms with Crippen molar-refractivity contribution in [3.8, 4) is 17.6 Å². The molecule has 6 nitrogen and oxygen atoms in total. The van der Waals surface area contributed by atoms with E-state index in [1.54, 1.807) is 44.3 Å². The van der Waals surface area contributed by atoms with Crippen LogP contribution in [-0.4, -0.2) is 43.6 Å². The van der Waals surface area contributed by atoms with Crippen LogP contribution in [0.1, 0.15) is 64.2 Å². The average molecular weight is 642 g/mol. The fourth-order valence-electron chi connectivity index (χ4n) is 4.54. The molecule has 0 saturated carbocycles. The Balaban J connectivity index is 0.00000226. The zero-order valence-corrected chi connectivity index (χ0v) is 27.9. The molecule has 0 radical (unpaired) electrons. The second-order valence-corrected chi connectivity index (χ2v) is 11.4. The Labute approximate surface area is 271 Å². The fraction of sp³-hybridized carbons (Fsp3) is 0.400. The summed E-state index contributed by atoms with van der Waals surface area (Å²) in [6, 6.07) is 10.8. The predicted octanol–water partition coefficient (Wildman–Crippen LogP) is 8.17. The highest BCUT2D eigenvalue weighted by Gasteiger charge is 2.20. The highest BCUT2D eigenvalue weighted by Crippen LogP contribution is 2.35. The Morgan fingerprint density at radius 1 is 1.18 bits per heavy atom. The minimum atomic E-state index is -2.65. The lowest BCUT2D eigenvalue weighted by Crippen LogP contribution is -2.29. The molecule has 1 saturated heterocycles. The lowest BCUT2D eigenvalue weighted by atomic mass is 9.93. The summed E-state index contributed by atoms with van der Waals surface area (Å²) in [5, 5.41) is 0. The molecule has 244 valence electrons. The van der Waals surface area contributed by atoms with E-state index < -0.39 is 11.9 Å². The van der Waals surface area contributed by atoms with Gasteiger partial charge in [0.05, 0.1) is 17.1 Å². The van der Waals surface area contributed by atoms with Crippen LogP contribution >= 0.6 is 11.9 Å². The second-order valence-electron chi connectivity index (χ2n) is 10.6. The molecule has 1 aliphatic heterocycles. The predicted molar refractivity (Wildman–Crippen MR) is 185 cm³/mol. The quantitative estimate of drug-likeness (QED) is 0.105. The van der Waals surface area contributed by atoms with Crippen LogP contribution < -0.4 is 20.9 Å². The van der Waals surface area contributed by atoms with Crippen molar-refractivity contribution in [2.24, 2.45) is 22.4 Å². The normalized spacial score (nSPS) is 15.7. The van der Waals surface area contributed by atoms with Gasteiger partial charge in [-0.05, 0) is 76.7 Å². The summed E-state index contributed by atoms with van der Waals surface area (Å²) in [6.07, 6.45) is 4.59. The van der Waals surface area contributed by atoms with Crippen LogP contribution in [0.4, 0.5) is 18.9 Å². The number of allylic oxidation sites excluding steroid dienone is 3. The Kier molecular flexibility index (Phi) is 15.7. The number of piperidine rings is 1. The van der Waals surface area contributed by atoms with Crippen molar-refractivity contribution in [1.82, 2.24) is 4.90 Å². The first kappa shape index (κ1) is 37.4. The number of aliphatic imine (C=N–C) groups is 1. The van der Waals surface area contributed by atoms with E-state index in [4.69, 9.17) is 16.2 Å². The minimum absolute atomic E-state index is 0.200. The van der Waals surface area contributed by atoms with E-state index in [1.807, 2.05) is 13.0 Å². The van der Waals surface area contributed by atoms with Gasteiger partial charge in [-0.2, -0.15) is 8.78 Å². The molecule has 1 unspecified atom stereocenters. The maximum Gasteiger partial charge on any atom is 0.302 e. The molecule has 10 heteroatoms. The van der Waals surface area contributed by atoms with Gasteiger partial charge in [-0.15, -0.1) is 0 Å². The summed E-state index contributed by atoms with van der Waals surface area (Å²) in [4.78, 5) is 6.78. The summed E-state index contributed by atoms with van der Waals surface area (Å²) in [5.74, 6) is 4.20.